The van der Waals surface area contributed by atoms with Gasteiger partial charge >= 0.3 is 0 Å². The molecule has 0 atom stereocenters. The van der Waals surface area contributed by atoms with Crippen LogP contribution in [-0.2, 0) is 4.79 Å². The first-order valence-corrected chi connectivity index (χ1v) is 4.42. The van der Waals surface area contributed by atoms with Gasteiger partial charge in [0.15, 0.2) is 0 Å². The fraction of sp³-hybridized carbons (Fsp3) is 0.700. The van der Waals surface area contributed by atoms with Gasteiger partial charge in [-0.05, 0) is 17.9 Å². The summed E-state index contributed by atoms with van der Waals surface area (Å²) in [6.45, 7) is 10.7. The predicted octanol–water partition coefficient (Wildman–Crippen LogP) is 2.11. The number of amides is 1. The molecule has 0 aromatic carbocycles. The van der Waals surface area contributed by atoms with E-state index in [1.807, 2.05) is 0 Å². The van der Waals surface area contributed by atoms with Crippen LogP contribution in [0.1, 0.15) is 33.6 Å². The first-order valence-electron chi connectivity index (χ1n) is 4.42. The van der Waals surface area contributed by atoms with E-state index < -0.39 is 0 Å². The van der Waals surface area contributed by atoms with Gasteiger partial charge in [-0.2, -0.15) is 0 Å². The molecule has 2 heteroatoms. The zero-order chi connectivity index (χ0) is 9.61. The highest BCUT2D eigenvalue weighted by Crippen LogP contribution is 2.23. The summed E-state index contributed by atoms with van der Waals surface area (Å²) < 4.78 is 0. The molecule has 0 saturated carbocycles. The van der Waals surface area contributed by atoms with Crippen LogP contribution >= 0.6 is 0 Å². The van der Waals surface area contributed by atoms with Gasteiger partial charge in [-0.15, -0.1) is 0 Å². The molecule has 0 aromatic heterocycles. The zero-order valence-electron chi connectivity index (χ0n) is 8.31. The van der Waals surface area contributed by atoms with Gasteiger partial charge < -0.3 is 5.32 Å². The number of carbonyl (C=O) groups excluding carboxylic acids is 1. The molecule has 70 valence electrons. The SMILES string of the molecule is C=CC(=O)NCCC(C)(C)CC. The molecule has 2 nitrogen and oxygen atoms in total. The van der Waals surface area contributed by atoms with Crippen LogP contribution < -0.4 is 5.32 Å². The maximum atomic E-state index is 10.8. The number of hydrogen-bond donors (Lipinski definition) is 1. The standard InChI is InChI=1S/C10H19NO/c1-5-9(12)11-8-7-10(3,4)6-2/h5H,1,6-8H2,2-4H3,(H,11,12). The lowest BCUT2D eigenvalue weighted by molar-refractivity contribution is -0.116. The van der Waals surface area contributed by atoms with Gasteiger partial charge in [0.1, 0.15) is 0 Å². The Morgan fingerprint density at radius 2 is 2.17 bits per heavy atom. The molecule has 0 rings (SSSR count). The fourth-order valence-electron chi connectivity index (χ4n) is 0.773. The largest absolute Gasteiger partial charge is 0.353 e. The number of rotatable bonds is 5. The van der Waals surface area contributed by atoms with E-state index in [0.29, 0.717) is 5.41 Å². The highest BCUT2D eigenvalue weighted by atomic mass is 16.1. The van der Waals surface area contributed by atoms with Gasteiger partial charge in [-0.25, -0.2) is 0 Å². The van der Waals surface area contributed by atoms with Crippen LogP contribution in [0.3, 0.4) is 0 Å². The Kier molecular flexibility index (Phi) is 4.64. The molecule has 12 heavy (non-hydrogen) atoms. The van der Waals surface area contributed by atoms with Gasteiger partial charge in [0.2, 0.25) is 5.91 Å². The summed E-state index contributed by atoms with van der Waals surface area (Å²) in [6, 6.07) is 0. The zero-order valence-corrected chi connectivity index (χ0v) is 8.31. The van der Waals surface area contributed by atoms with Crippen LogP contribution in [0.25, 0.3) is 0 Å². The third kappa shape index (κ3) is 4.94. The Morgan fingerprint density at radius 1 is 1.58 bits per heavy atom. The van der Waals surface area contributed by atoms with Crippen LogP contribution in [0.15, 0.2) is 12.7 Å². The molecule has 0 unspecified atom stereocenters. The van der Waals surface area contributed by atoms with Crippen LogP contribution in [-0.4, -0.2) is 12.5 Å². The summed E-state index contributed by atoms with van der Waals surface area (Å²) in [5.41, 5.74) is 0.328. The summed E-state index contributed by atoms with van der Waals surface area (Å²) >= 11 is 0. The maximum absolute atomic E-state index is 10.8. The average Bonchev–Trinajstić information content (AvgIpc) is 2.04. The first kappa shape index (κ1) is 11.2. The maximum Gasteiger partial charge on any atom is 0.243 e. The summed E-state index contributed by atoms with van der Waals surface area (Å²) in [5.74, 6) is -0.0816. The molecule has 0 aliphatic carbocycles. The van der Waals surface area contributed by atoms with E-state index in [1.54, 1.807) is 0 Å². The van der Waals surface area contributed by atoms with E-state index >= 15 is 0 Å². The quantitative estimate of drug-likeness (QED) is 0.627. The first-order chi connectivity index (χ1) is 5.52. The van der Waals surface area contributed by atoms with Crippen LogP contribution in [0, 0.1) is 5.41 Å². The smallest absolute Gasteiger partial charge is 0.243 e. The molecular weight excluding hydrogens is 150 g/mol. The van der Waals surface area contributed by atoms with Crippen molar-refractivity contribution in [2.45, 2.75) is 33.6 Å². The van der Waals surface area contributed by atoms with Crippen molar-refractivity contribution < 1.29 is 4.79 Å². The van der Waals surface area contributed by atoms with Gasteiger partial charge in [0.05, 0.1) is 0 Å². The Labute approximate surface area is 75.0 Å². The van der Waals surface area contributed by atoms with E-state index in [2.05, 4.69) is 32.7 Å². The van der Waals surface area contributed by atoms with Gasteiger partial charge in [0.25, 0.3) is 0 Å². The second-order valence-electron chi connectivity index (χ2n) is 3.76. The molecule has 0 aromatic rings. The van der Waals surface area contributed by atoms with Crippen molar-refractivity contribution in [1.29, 1.82) is 0 Å². The van der Waals surface area contributed by atoms with Gasteiger partial charge in [0, 0.05) is 6.54 Å². The van der Waals surface area contributed by atoms with E-state index in [1.165, 1.54) is 6.08 Å². The Balaban J connectivity index is 3.56. The van der Waals surface area contributed by atoms with Gasteiger partial charge in [-0.3, -0.25) is 4.79 Å². The number of hydrogen-bond acceptors (Lipinski definition) is 1. The van der Waals surface area contributed by atoms with E-state index in [0.717, 1.165) is 19.4 Å². The Hall–Kier alpha value is -0.790. The summed E-state index contributed by atoms with van der Waals surface area (Å²) in [7, 11) is 0. The van der Waals surface area contributed by atoms with E-state index in [-0.39, 0.29) is 5.91 Å². The monoisotopic (exact) mass is 169 g/mol. The molecular formula is C10H19NO. The molecule has 0 spiro atoms. The average molecular weight is 169 g/mol. The Morgan fingerprint density at radius 3 is 2.58 bits per heavy atom. The molecule has 0 radical (unpaired) electrons. The van der Waals surface area contributed by atoms with Crippen molar-refractivity contribution in [2.24, 2.45) is 5.41 Å². The minimum Gasteiger partial charge on any atom is -0.353 e. The van der Waals surface area contributed by atoms with Crippen molar-refractivity contribution in [3.63, 3.8) is 0 Å². The second-order valence-corrected chi connectivity index (χ2v) is 3.76. The van der Waals surface area contributed by atoms with Crippen LogP contribution in [0.2, 0.25) is 0 Å². The van der Waals surface area contributed by atoms with E-state index in [4.69, 9.17) is 0 Å². The Bertz CT molecular complexity index is 161. The van der Waals surface area contributed by atoms with Crippen molar-refractivity contribution >= 4 is 5.91 Å². The summed E-state index contributed by atoms with van der Waals surface area (Å²) in [4.78, 5) is 10.8. The van der Waals surface area contributed by atoms with Gasteiger partial charge in [-0.1, -0.05) is 33.8 Å². The highest BCUT2D eigenvalue weighted by Gasteiger charge is 2.13. The van der Waals surface area contributed by atoms with E-state index in [9.17, 15) is 4.79 Å². The van der Waals surface area contributed by atoms with Crippen molar-refractivity contribution in [3.05, 3.63) is 12.7 Å². The molecule has 0 fully saturated rings. The number of nitrogens with one attached hydrogen (secondary N) is 1. The fourth-order valence-corrected chi connectivity index (χ4v) is 0.773. The lowest BCUT2D eigenvalue weighted by Gasteiger charge is -2.22. The second kappa shape index (κ2) is 4.96. The predicted molar refractivity (Wildman–Crippen MR) is 51.9 cm³/mol. The lowest BCUT2D eigenvalue weighted by Crippen LogP contribution is -2.26. The third-order valence-corrected chi connectivity index (χ3v) is 2.24. The normalized spacial score (nSPS) is 10.9. The minimum atomic E-state index is -0.0816. The summed E-state index contributed by atoms with van der Waals surface area (Å²) in [6.07, 6.45) is 3.46. The molecule has 1 amide bonds. The molecule has 0 saturated heterocycles. The topological polar surface area (TPSA) is 29.1 Å². The van der Waals surface area contributed by atoms with Crippen molar-refractivity contribution in [3.8, 4) is 0 Å². The minimum absolute atomic E-state index is 0.0816. The van der Waals surface area contributed by atoms with Crippen molar-refractivity contribution in [2.75, 3.05) is 6.54 Å². The van der Waals surface area contributed by atoms with Crippen LogP contribution in [0.5, 0.6) is 0 Å². The molecule has 0 bridgehead atoms. The molecule has 1 N–H and O–H groups in total. The molecule has 0 heterocycles. The van der Waals surface area contributed by atoms with Crippen LogP contribution in [0.4, 0.5) is 0 Å². The van der Waals surface area contributed by atoms with Crippen molar-refractivity contribution in [1.82, 2.24) is 5.32 Å². The third-order valence-electron chi connectivity index (χ3n) is 2.24. The lowest BCUT2D eigenvalue weighted by atomic mass is 9.87. The number of carbonyl (C=O) groups is 1. The highest BCUT2D eigenvalue weighted by molar-refractivity contribution is 5.86. The summed E-state index contributed by atoms with van der Waals surface area (Å²) in [5, 5.41) is 2.77. The molecule has 0 aliphatic rings. The molecule has 0 aliphatic heterocycles.